The van der Waals surface area contributed by atoms with E-state index >= 15 is 0 Å². The fraction of sp³-hybridized carbons (Fsp3) is 0.455. The molecule has 1 atom stereocenters. The van der Waals surface area contributed by atoms with Gasteiger partial charge in [-0.15, -0.1) is 0 Å². The van der Waals surface area contributed by atoms with E-state index < -0.39 is 0 Å². The van der Waals surface area contributed by atoms with Crippen LogP contribution in [0.15, 0.2) is 27.3 Å². The van der Waals surface area contributed by atoms with Crippen LogP contribution in [0.4, 0.5) is 0 Å². The number of aryl methyl sites for hydroxylation is 1. The molecule has 0 amide bonds. The molecule has 0 radical (unpaired) electrons. The molecule has 5 nitrogen and oxygen atoms in total. The third kappa shape index (κ3) is 2.70. The highest BCUT2D eigenvalue weighted by molar-refractivity contribution is 5.03. The monoisotopic (exact) mass is 221 g/mol. The first-order valence-electron chi connectivity index (χ1n) is 5.31. The second-order valence-corrected chi connectivity index (χ2v) is 3.67. The van der Waals surface area contributed by atoms with Gasteiger partial charge in [0.1, 0.15) is 5.76 Å². The average molecular weight is 221 g/mol. The summed E-state index contributed by atoms with van der Waals surface area (Å²) in [5, 5.41) is 7.15. The van der Waals surface area contributed by atoms with Gasteiger partial charge in [0.05, 0.1) is 12.3 Å². The Balaban J connectivity index is 1.76. The second kappa shape index (κ2) is 4.94. The molecule has 86 valence electrons. The Labute approximate surface area is 93.8 Å². The van der Waals surface area contributed by atoms with E-state index in [2.05, 4.69) is 22.4 Å². The lowest BCUT2D eigenvalue weighted by molar-refractivity contribution is 0.385. The van der Waals surface area contributed by atoms with Crippen molar-refractivity contribution in [3.63, 3.8) is 0 Å². The number of hydrogen-bond acceptors (Lipinski definition) is 5. The maximum atomic E-state index is 5.29. The summed E-state index contributed by atoms with van der Waals surface area (Å²) in [5.41, 5.74) is 0. The van der Waals surface area contributed by atoms with Crippen LogP contribution in [0.1, 0.15) is 30.4 Å². The predicted octanol–water partition coefficient (Wildman–Crippen LogP) is 1.86. The van der Waals surface area contributed by atoms with Crippen molar-refractivity contribution in [2.45, 2.75) is 26.3 Å². The van der Waals surface area contributed by atoms with Gasteiger partial charge in [0, 0.05) is 19.9 Å². The van der Waals surface area contributed by atoms with Crippen molar-refractivity contribution < 1.29 is 8.94 Å². The van der Waals surface area contributed by atoms with Crippen LogP contribution in [0.5, 0.6) is 0 Å². The molecule has 0 aromatic carbocycles. The molecule has 0 fully saturated rings. The van der Waals surface area contributed by atoms with Crippen molar-refractivity contribution in [1.82, 2.24) is 15.5 Å². The Morgan fingerprint density at radius 2 is 2.38 bits per heavy atom. The van der Waals surface area contributed by atoms with Crippen LogP contribution in [0, 0.1) is 6.92 Å². The zero-order valence-corrected chi connectivity index (χ0v) is 9.43. The van der Waals surface area contributed by atoms with Gasteiger partial charge < -0.3 is 14.3 Å². The van der Waals surface area contributed by atoms with Gasteiger partial charge in [-0.2, -0.15) is 4.98 Å². The van der Waals surface area contributed by atoms with Crippen LogP contribution in [-0.2, 0) is 6.42 Å². The Morgan fingerprint density at radius 1 is 1.50 bits per heavy atom. The van der Waals surface area contributed by atoms with E-state index in [0.717, 1.165) is 24.6 Å². The van der Waals surface area contributed by atoms with Crippen LogP contribution in [0.2, 0.25) is 0 Å². The molecule has 2 heterocycles. The molecule has 0 aliphatic carbocycles. The third-order valence-electron chi connectivity index (χ3n) is 2.34. The minimum Gasteiger partial charge on any atom is -0.468 e. The Bertz CT molecular complexity index is 422. The maximum Gasteiger partial charge on any atom is 0.223 e. The van der Waals surface area contributed by atoms with E-state index in [1.165, 1.54) is 0 Å². The van der Waals surface area contributed by atoms with Crippen molar-refractivity contribution in [2.24, 2.45) is 0 Å². The van der Waals surface area contributed by atoms with E-state index in [-0.39, 0.29) is 6.04 Å². The highest BCUT2D eigenvalue weighted by atomic mass is 16.5. The standard InChI is InChI=1S/C11H15N3O2/c1-8(10-4-3-7-15-10)12-6-5-11-13-9(2)16-14-11/h3-4,7-8,12H,5-6H2,1-2H3. The van der Waals surface area contributed by atoms with Gasteiger partial charge in [-0.05, 0) is 19.1 Å². The normalized spacial score (nSPS) is 12.9. The van der Waals surface area contributed by atoms with Crippen LogP contribution >= 0.6 is 0 Å². The molecule has 1 unspecified atom stereocenters. The van der Waals surface area contributed by atoms with Gasteiger partial charge in [0.2, 0.25) is 5.89 Å². The summed E-state index contributed by atoms with van der Waals surface area (Å²) in [7, 11) is 0. The van der Waals surface area contributed by atoms with Crippen LogP contribution < -0.4 is 5.32 Å². The van der Waals surface area contributed by atoms with Gasteiger partial charge >= 0.3 is 0 Å². The second-order valence-electron chi connectivity index (χ2n) is 3.67. The molecule has 0 bridgehead atoms. The van der Waals surface area contributed by atoms with Crippen molar-refractivity contribution in [3.05, 3.63) is 35.9 Å². The summed E-state index contributed by atoms with van der Waals surface area (Å²) < 4.78 is 10.2. The Kier molecular flexibility index (Phi) is 3.36. The maximum absolute atomic E-state index is 5.29. The lowest BCUT2D eigenvalue weighted by Crippen LogP contribution is -2.21. The number of rotatable bonds is 5. The minimum absolute atomic E-state index is 0.197. The van der Waals surface area contributed by atoms with Crippen LogP contribution in [0.3, 0.4) is 0 Å². The molecule has 0 aliphatic rings. The van der Waals surface area contributed by atoms with E-state index in [1.807, 2.05) is 12.1 Å². The molecule has 16 heavy (non-hydrogen) atoms. The van der Waals surface area contributed by atoms with Crippen molar-refractivity contribution in [3.8, 4) is 0 Å². The molecule has 5 heteroatoms. The lowest BCUT2D eigenvalue weighted by Gasteiger charge is -2.09. The summed E-state index contributed by atoms with van der Waals surface area (Å²) in [6, 6.07) is 4.04. The van der Waals surface area contributed by atoms with E-state index in [0.29, 0.717) is 5.89 Å². The fourth-order valence-corrected chi connectivity index (χ4v) is 1.48. The molecule has 2 rings (SSSR count). The molecule has 0 spiro atoms. The van der Waals surface area contributed by atoms with Gasteiger partial charge in [0.15, 0.2) is 5.82 Å². The van der Waals surface area contributed by atoms with Crippen molar-refractivity contribution in [1.29, 1.82) is 0 Å². The SMILES string of the molecule is Cc1nc(CCNC(C)c2ccco2)no1. The molecule has 0 aliphatic heterocycles. The summed E-state index contributed by atoms with van der Waals surface area (Å²) in [6.07, 6.45) is 2.43. The highest BCUT2D eigenvalue weighted by Crippen LogP contribution is 2.11. The molecular formula is C11H15N3O2. The van der Waals surface area contributed by atoms with Crippen LogP contribution in [-0.4, -0.2) is 16.7 Å². The van der Waals surface area contributed by atoms with Crippen molar-refractivity contribution >= 4 is 0 Å². The first-order valence-corrected chi connectivity index (χ1v) is 5.31. The topological polar surface area (TPSA) is 64.1 Å². The molecule has 0 saturated heterocycles. The number of aromatic nitrogens is 2. The summed E-state index contributed by atoms with van der Waals surface area (Å²) in [5.74, 6) is 2.27. The zero-order chi connectivity index (χ0) is 11.4. The predicted molar refractivity (Wildman–Crippen MR) is 57.9 cm³/mol. The Morgan fingerprint density at radius 3 is 3.00 bits per heavy atom. The van der Waals surface area contributed by atoms with Gasteiger partial charge in [-0.3, -0.25) is 0 Å². The average Bonchev–Trinajstić information content (AvgIpc) is 2.89. The molecular weight excluding hydrogens is 206 g/mol. The van der Waals surface area contributed by atoms with E-state index in [4.69, 9.17) is 8.94 Å². The Hall–Kier alpha value is -1.62. The quantitative estimate of drug-likeness (QED) is 0.834. The largest absolute Gasteiger partial charge is 0.468 e. The molecule has 2 aromatic rings. The highest BCUT2D eigenvalue weighted by Gasteiger charge is 2.08. The minimum atomic E-state index is 0.197. The van der Waals surface area contributed by atoms with E-state index in [9.17, 15) is 0 Å². The lowest BCUT2D eigenvalue weighted by atomic mass is 10.2. The van der Waals surface area contributed by atoms with Crippen molar-refractivity contribution in [2.75, 3.05) is 6.54 Å². The summed E-state index contributed by atoms with van der Waals surface area (Å²) in [6.45, 7) is 4.64. The smallest absolute Gasteiger partial charge is 0.223 e. The summed E-state index contributed by atoms with van der Waals surface area (Å²) in [4.78, 5) is 4.13. The first-order chi connectivity index (χ1) is 7.75. The molecule has 2 aromatic heterocycles. The molecule has 1 N–H and O–H groups in total. The fourth-order valence-electron chi connectivity index (χ4n) is 1.48. The van der Waals surface area contributed by atoms with Crippen LogP contribution in [0.25, 0.3) is 0 Å². The van der Waals surface area contributed by atoms with Gasteiger partial charge in [0.25, 0.3) is 0 Å². The number of nitrogens with zero attached hydrogens (tertiary/aromatic N) is 2. The third-order valence-corrected chi connectivity index (χ3v) is 2.34. The zero-order valence-electron chi connectivity index (χ0n) is 9.43. The van der Waals surface area contributed by atoms with Gasteiger partial charge in [-0.1, -0.05) is 5.16 Å². The number of nitrogens with one attached hydrogen (secondary N) is 1. The number of hydrogen-bond donors (Lipinski definition) is 1. The number of furan rings is 1. The van der Waals surface area contributed by atoms with Gasteiger partial charge in [-0.25, -0.2) is 0 Å². The molecule has 0 saturated carbocycles. The summed E-state index contributed by atoms with van der Waals surface area (Å²) >= 11 is 0. The first kappa shape index (κ1) is 10.9. The van der Waals surface area contributed by atoms with E-state index in [1.54, 1.807) is 13.2 Å².